The Bertz CT molecular complexity index is 1240. The molecule has 144 valence electrons. The molecule has 4 aromatic rings. The van der Waals surface area contributed by atoms with Crippen LogP contribution in [0.1, 0.15) is 21.5 Å². The van der Waals surface area contributed by atoms with Gasteiger partial charge in [-0.1, -0.05) is 54.1 Å². The van der Waals surface area contributed by atoms with Gasteiger partial charge in [0, 0.05) is 24.7 Å². The van der Waals surface area contributed by atoms with Crippen LogP contribution >= 0.6 is 0 Å². The van der Waals surface area contributed by atoms with Crippen LogP contribution < -0.4 is 10.9 Å². The summed E-state index contributed by atoms with van der Waals surface area (Å²) >= 11 is 0. The van der Waals surface area contributed by atoms with Gasteiger partial charge in [0.2, 0.25) is 0 Å². The predicted molar refractivity (Wildman–Crippen MR) is 115 cm³/mol. The molecule has 0 unspecified atom stereocenters. The molecular weight excluding hydrogens is 362 g/mol. The molecule has 5 heteroatoms. The molecule has 0 radical (unpaired) electrons. The number of aromatic nitrogens is 2. The number of benzene rings is 3. The highest BCUT2D eigenvalue weighted by Gasteiger charge is 2.12. The van der Waals surface area contributed by atoms with Crippen LogP contribution in [0.4, 0.5) is 0 Å². The monoisotopic (exact) mass is 383 g/mol. The number of carbonyl (C=O) groups excluding carboxylic acids is 1. The molecule has 29 heavy (non-hydrogen) atoms. The molecule has 0 atom stereocenters. The lowest BCUT2D eigenvalue weighted by molar-refractivity contribution is 0.0951. The van der Waals surface area contributed by atoms with Gasteiger partial charge < -0.3 is 9.88 Å². The van der Waals surface area contributed by atoms with Crippen LogP contribution in [0.15, 0.2) is 77.6 Å². The van der Waals surface area contributed by atoms with E-state index in [1.54, 1.807) is 35.9 Å². The zero-order valence-corrected chi connectivity index (χ0v) is 16.3. The zero-order valence-electron chi connectivity index (χ0n) is 16.3. The van der Waals surface area contributed by atoms with E-state index < -0.39 is 0 Å². The Balaban J connectivity index is 1.55. The maximum Gasteiger partial charge on any atom is 0.277 e. The Hall–Kier alpha value is -3.73. The van der Waals surface area contributed by atoms with E-state index in [0.717, 1.165) is 16.6 Å². The van der Waals surface area contributed by atoms with Crippen LogP contribution in [0.5, 0.6) is 0 Å². The lowest BCUT2D eigenvalue weighted by Gasteiger charge is -2.09. The van der Waals surface area contributed by atoms with Gasteiger partial charge >= 0.3 is 0 Å². The summed E-state index contributed by atoms with van der Waals surface area (Å²) in [6.07, 6.45) is 0. The van der Waals surface area contributed by atoms with Crippen LogP contribution in [0, 0.1) is 6.92 Å². The highest BCUT2D eigenvalue weighted by atomic mass is 16.1. The Morgan fingerprint density at radius 1 is 0.966 bits per heavy atom. The first-order chi connectivity index (χ1) is 14.0. The fourth-order valence-electron chi connectivity index (χ4n) is 3.24. The zero-order chi connectivity index (χ0) is 20.4. The quantitative estimate of drug-likeness (QED) is 0.582. The van der Waals surface area contributed by atoms with Crippen molar-refractivity contribution in [1.82, 2.24) is 14.9 Å². The van der Waals surface area contributed by atoms with Gasteiger partial charge in [-0.15, -0.1) is 0 Å². The molecule has 5 nitrogen and oxygen atoms in total. The molecule has 1 N–H and O–H groups in total. The number of hydrogen-bond acceptors (Lipinski definition) is 3. The first-order valence-electron chi connectivity index (χ1n) is 9.43. The summed E-state index contributed by atoms with van der Waals surface area (Å²) in [6, 6.07) is 22.5. The minimum absolute atomic E-state index is 0.156. The molecule has 1 heterocycles. The molecule has 0 aliphatic rings. The van der Waals surface area contributed by atoms with Crippen molar-refractivity contribution < 1.29 is 4.79 Å². The summed E-state index contributed by atoms with van der Waals surface area (Å²) < 4.78 is 1.60. The first kappa shape index (κ1) is 18.6. The fraction of sp³-hybridized carbons (Fsp3) is 0.125. The summed E-state index contributed by atoms with van der Waals surface area (Å²) in [4.78, 5) is 29.7. The second-order valence-electron chi connectivity index (χ2n) is 7.06. The maximum atomic E-state index is 12.7. The average molecular weight is 383 g/mol. The molecule has 0 spiro atoms. The Morgan fingerprint density at radius 3 is 2.38 bits per heavy atom. The average Bonchev–Trinajstić information content (AvgIpc) is 2.76. The van der Waals surface area contributed by atoms with E-state index in [1.807, 2.05) is 55.5 Å². The van der Waals surface area contributed by atoms with E-state index in [-0.39, 0.29) is 11.5 Å². The van der Waals surface area contributed by atoms with Crippen molar-refractivity contribution >= 4 is 16.9 Å². The normalized spacial score (nSPS) is 10.8. The topological polar surface area (TPSA) is 64.0 Å². The minimum Gasteiger partial charge on any atom is -0.348 e. The van der Waals surface area contributed by atoms with Crippen LogP contribution in [-0.2, 0) is 13.6 Å². The molecule has 0 saturated carbocycles. The van der Waals surface area contributed by atoms with Gasteiger partial charge in [-0.25, -0.2) is 4.98 Å². The van der Waals surface area contributed by atoms with E-state index >= 15 is 0 Å². The third-order valence-electron chi connectivity index (χ3n) is 4.98. The Morgan fingerprint density at radius 2 is 1.66 bits per heavy atom. The number of aryl methyl sites for hydroxylation is 2. The highest BCUT2D eigenvalue weighted by molar-refractivity contribution is 5.94. The molecular formula is C24H21N3O2. The van der Waals surface area contributed by atoms with Crippen molar-refractivity contribution in [3.8, 4) is 11.3 Å². The third-order valence-corrected chi connectivity index (χ3v) is 4.98. The van der Waals surface area contributed by atoms with Crippen molar-refractivity contribution in [2.75, 3.05) is 0 Å². The Labute approximate surface area is 168 Å². The molecule has 4 rings (SSSR count). The standard InChI is InChI=1S/C24H21N3O2/c1-16-7-9-17(10-8-16)15-25-23(28)19-13-11-18(12-14-19)22-24(29)27(2)21-6-4-3-5-20(21)26-22/h3-14H,15H2,1-2H3,(H,25,28). The number of carbonyl (C=O) groups is 1. The maximum absolute atomic E-state index is 12.7. The van der Waals surface area contributed by atoms with Gasteiger partial charge in [-0.05, 0) is 36.8 Å². The number of nitrogens with one attached hydrogen (secondary N) is 1. The van der Waals surface area contributed by atoms with E-state index in [0.29, 0.717) is 23.4 Å². The molecule has 3 aromatic carbocycles. The molecule has 0 aliphatic heterocycles. The Kier molecular flexibility index (Phi) is 4.96. The second kappa shape index (κ2) is 7.72. The molecule has 1 aromatic heterocycles. The molecule has 0 bridgehead atoms. The van der Waals surface area contributed by atoms with Crippen LogP contribution in [0.25, 0.3) is 22.3 Å². The van der Waals surface area contributed by atoms with E-state index in [4.69, 9.17) is 0 Å². The van der Waals surface area contributed by atoms with Crippen LogP contribution in [-0.4, -0.2) is 15.5 Å². The van der Waals surface area contributed by atoms with E-state index in [2.05, 4.69) is 10.3 Å². The summed E-state index contributed by atoms with van der Waals surface area (Å²) in [7, 11) is 1.74. The minimum atomic E-state index is -0.166. The summed E-state index contributed by atoms with van der Waals surface area (Å²) in [5.41, 5.74) is 5.20. The molecule has 1 amide bonds. The fourth-order valence-corrected chi connectivity index (χ4v) is 3.24. The molecule has 0 saturated heterocycles. The number of hydrogen-bond donors (Lipinski definition) is 1. The van der Waals surface area contributed by atoms with Crippen LogP contribution in [0.3, 0.4) is 0 Å². The lowest BCUT2D eigenvalue weighted by Crippen LogP contribution is -2.23. The number of rotatable bonds is 4. The largest absolute Gasteiger partial charge is 0.348 e. The van der Waals surface area contributed by atoms with Crippen LogP contribution in [0.2, 0.25) is 0 Å². The summed E-state index contributed by atoms with van der Waals surface area (Å²) in [5, 5.41) is 2.92. The number of amides is 1. The van der Waals surface area contributed by atoms with Gasteiger partial charge in [0.15, 0.2) is 0 Å². The van der Waals surface area contributed by atoms with E-state index in [9.17, 15) is 9.59 Å². The summed E-state index contributed by atoms with van der Waals surface area (Å²) in [6.45, 7) is 2.50. The van der Waals surface area contributed by atoms with Crippen molar-refractivity contribution in [3.63, 3.8) is 0 Å². The number of nitrogens with zero attached hydrogens (tertiary/aromatic N) is 2. The number of para-hydroxylation sites is 2. The van der Waals surface area contributed by atoms with Crippen molar-refractivity contribution in [1.29, 1.82) is 0 Å². The summed E-state index contributed by atoms with van der Waals surface area (Å²) in [5.74, 6) is -0.156. The second-order valence-corrected chi connectivity index (χ2v) is 7.06. The first-order valence-corrected chi connectivity index (χ1v) is 9.43. The molecule has 0 fully saturated rings. The van der Waals surface area contributed by atoms with E-state index in [1.165, 1.54) is 5.56 Å². The van der Waals surface area contributed by atoms with Gasteiger partial charge in [0.1, 0.15) is 5.69 Å². The van der Waals surface area contributed by atoms with Crippen molar-refractivity contribution in [2.24, 2.45) is 7.05 Å². The number of fused-ring (bicyclic) bond motifs is 1. The molecule has 0 aliphatic carbocycles. The lowest BCUT2D eigenvalue weighted by atomic mass is 10.1. The smallest absolute Gasteiger partial charge is 0.277 e. The van der Waals surface area contributed by atoms with Gasteiger partial charge in [0.05, 0.1) is 11.0 Å². The highest BCUT2D eigenvalue weighted by Crippen LogP contribution is 2.18. The third kappa shape index (κ3) is 3.80. The van der Waals surface area contributed by atoms with Gasteiger partial charge in [0.25, 0.3) is 11.5 Å². The predicted octanol–water partition coefficient (Wildman–Crippen LogP) is 3.84. The van der Waals surface area contributed by atoms with Gasteiger partial charge in [-0.3, -0.25) is 9.59 Å². The van der Waals surface area contributed by atoms with Gasteiger partial charge in [-0.2, -0.15) is 0 Å². The van der Waals surface area contributed by atoms with Crippen molar-refractivity contribution in [3.05, 3.63) is 99.8 Å². The SMILES string of the molecule is Cc1ccc(CNC(=O)c2ccc(-c3nc4ccccc4n(C)c3=O)cc2)cc1. The van der Waals surface area contributed by atoms with Crippen molar-refractivity contribution in [2.45, 2.75) is 13.5 Å².